The average molecular weight is 440 g/mol. The first kappa shape index (κ1) is 25.5. The molecule has 0 aromatic heterocycles. The first-order chi connectivity index (χ1) is 15.5. The van der Waals surface area contributed by atoms with Crippen molar-refractivity contribution in [3.63, 3.8) is 0 Å². The molecule has 0 fully saturated rings. The lowest BCUT2D eigenvalue weighted by Crippen LogP contribution is -2.27. The van der Waals surface area contributed by atoms with Gasteiger partial charge in [-0.05, 0) is 74.9 Å². The van der Waals surface area contributed by atoms with Crippen LogP contribution in [-0.4, -0.2) is 23.6 Å². The fourth-order valence-electron chi connectivity index (χ4n) is 3.78. The highest BCUT2D eigenvalue weighted by molar-refractivity contribution is 5.98. The van der Waals surface area contributed by atoms with E-state index < -0.39 is 0 Å². The molecule has 0 unspecified atom stereocenters. The third-order valence-corrected chi connectivity index (χ3v) is 5.41. The van der Waals surface area contributed by atoms with Crippen LogP contribution in [0.3, 0.4) is 0 Å². The molecule has 0 heterocycles. The van der Waals surface area contributed by atoms with E-state index in [0.29, 0.717) is 24.3 Å². The Labute approximate surface area is 198 Å². The molecule has 4 heteroatoms. The third-order valence-electron chi connectivity index (χ3n) is 5.41. The summed E-state index contributed by atoms with van der Waals surface area (Å²) < 4.78 is 0. The minimum absolute atomic E-state index is 0.0937. The zero-order valence-electron chi connectivity index (χ0n) is 20.6. The molecule has 0 radical (unpaired) electrons. The first-order valence-corrected chi connectivity index (χ1v) is 10.9. The summed E-state index contributed by atoms with van der Waals surface area (Å²) in [5, 5.41) is 8.92. The van der Waals surface area contributed by atoms with E-state index in [1.54, 1.807) is 18.9 Å². The van der Waals surface area contributed by atoms with Gasteiger partial charge in [-0.2, -0.15) is 5.26 Å². The summed E-state index contributed by atoms with van der Waals surface area (Å²) in [4.78, 5) is 18.9. The summed E-state index contributed by atoms with van der Waals surface area (Å²) >= 11 is 0. The number of carbonyl (C=O) groups excluding carboxylic acids is 1. The Morgan fingerprint density at radius 2 is 1.70 bits per heavy atom. The fraction of sp³-hybridized carbons (Fsp3) is 0.276. The van der Waals surface area contributed by atoms with Crippen LogP contribution in [0.5, 0.6) is 0 Å². The molecule has 4 nitrogen and oxygen atoms in total. The van der Waals surface area contributed by atoms with Gasteiger partial charge in [0.05, 0.1) is 5.69 Å². The summed E-state index contributed by atoms with van der Waals surface area (Å²) in [5.41, 5.74) is 9.29. The molecule has 0 spiro atoms. The minimum atomic E-state index is -0.0937. The molecule has 0 N–H and O–H groups in total. The van der Waals surface area contributed by atoms with E-state index in [0.717, 1.165) is 44.7 Å². The van der Waals surface area contributed by atoms with E-state index in [-0.39, 0.29) is 5.91 Å². The van der Waals surface area contributed by atoms with Gasteiger partial charge in [0.15, 0.2) is 0 Å². The zero-order chi connectivity index (χ0) is 24.7. The van der Waals surface area contributed by atoms with Crippen molar-refractivity contribution in [2.75, 3.05) is 7.05 Å². The SMILES string of the molecule is C=C(/C=C(\C)Cc1ccc(/N=C(\C)C#N)c(C)c1)C(=O)N(C)Cc1ccc(C(=C)C)c(C)c1. The predicted molar refractivity (Wildman–Crippen MR) is 139 cm³/mol. The quantitative estimate of drug-likeness (QED) is 0.262. The smallest absolute Gasteiger partial charge is 0.253 e. The van der Waals surface area contributed by atoms with Crippen molar-refractivity contribution in [2.45, 2.75) is 47.6 Å². The van der Waals surface area contributed by atoms with Crippen molar-refractivity contribution in [2.24, 2.45) is 4.99 Å². The molecule has 0 saturated carbocycles. The number of allylic oxidation sites excluding steroid dienone is 2. The van der Waals surface area contributed by atoms with Gasteiger partial charge in [-0.1, -0.05) is 60.7 Å². The van der Waals surface area contributed by atoms with Gasteiger partial charge in [-0.3, -0.25) is 4.79 Å². The van der Waals surface area contributed by atoms with Crippen molar-refractivity contribution < 1.29 is 4.79 Å². The minimum Gasteiger partial charge on any atom is -0.337 e. The van der Waals surface area contributed by atoms with Crippen LogP contribution < -0.4 is 0 Å². The maximum atomic E-state index is 12.9. The van der Waals surface area contributed by atoms with Gasteiger partial charge in [0.25, 0.3) is 5.91 Å². The van der Waals surface area contributed by atoms with Crippen molar-refractivity contribution in [3.05, 3.63) is 94.6 Å². The molecule has 0 saturated heterocycles. The highest BCUT2D eigenvalue weighted by Crippen LogP contribution is 2.22. The monoisotopic (exact) mass is 439 g/mol. The van der Waals surface area contributed by atoms with Crippen LogP contribution in [0, 0.1) is 25.2 Å². The number of rotatable bonds is 8. The van der Waals surface area contributed by atoms with Gasteiger partial charge in [-0.15, -0.1) is 0 Å². The van der Waals surface area contributed by atoms with Gasteiger partial charge in [0.1, 0.15) is 11.8 Å². The standard InChI is InChI=1S/C29H33N3O/c1-19(2)27-11-9-26(15-21(27)4)18-32(8)29(33)23(6)13-20(3)14-25-10-12-28(22(5)16-25)31-24(7)17-30/h9-13,15-16H,1,6,14,18H2,2-5,7-8H3/b20-13+,31-24+. The number of nitrogens with zero attached hydrogens (tertiary/aromatic N) is 3. The molecule has 2 rings (SSSR count). The molecule has 170 valence electrons. The second-order valence-electron chi connectivity index (χ2n) is 8.71. The number of benzene rings is 2. The van der Waals surface area contributed by atoms with E-state index in [1.807, 2.05) is 51.1 Å². The molecule has 0 bridgehead atoms. The van der Waals surface area contributed by atoms with Crippen LogP contribution in [-0.2, 0) is 17.8 Å². The molecular formula is C29H33N3O. The Morgan fingerprint density at radius 1 is 1.06 bits per heavy atom. The normalized spacial score (nSPS) is 11.7. The van der Waals surface area contributed by atoms with Gasteiger partial charge in [0, 0.05) is 19.2 Å². The maximum absolute atomic E-state index is 12.9. The Morgan fingerprint density at radius 3 is 2.27 bits per heavy atom. The predicted octanol–water partition coefficient (Wildman–Crippen LogP) is 6.66. The van der Waals surface area contributed by atoms with Crippen molar-refractivity contribution in [1.82, 2.24) is 4.90 Å². The maximum Gasteiger partial charge on any atom is 0.253 e. The molecule has 2 aromatic rings. The zero-order valence-corrected chi connectivity index (χ0v) is 20.6. The molecule has 0 aliphatic carbocycles. The number of likely N-dealkylation sites (N-methyl/N-ethyl adjacent to an activating group) is 1. The van der Waals surface area contributed by atoms with Crippen LogP contribution in [0.2, 0.25) is 0 Å². The second-order valence-corrected chi connectivity index (χ2v) is 8.71. The Bertz CT molecular complexity index is 1190. The molecule has 0 aliphatic rings. The van der Waals surface area contributed by atoms with E-state index in [2.05, 4.69) is 43.3 Å². The van der Waals surface area contributed by atoms with Gasteiger partial charge in [-0.25, -0.2) is 4.99 Å². The lowest BCUT2D eigenvalue weighted by atomic mass is 10.00. The van der Waals surface area contributed by atoms with E-state index in [4.69, 9.17) is 5.26 Å². The summed E-state index contributed by atoms with van der Waals surface area (Å²) in [6.45, 7) is 18.3. The van der Waals surface area contributed by atoms with Crippen LogP contribution in [0.15, 0.2) is 71.8 Å². The molecular weight excluding hydrogens is 406 g/mol. The van der Waals surface area contributed by atoms with E-state index in [9.17, 15) is 4.79 Å². The lowest BCUT2D eigenvalue weighted by molar-refractivity contribution is -0.126. The number of amides is 1. The van der Waals surface area contributed by atoms with Crippen molar-refractivity contribution in [3.8, 4) is 6.07 Å². The summed E-state index contributed by atoms with van der Waals surface area (Å²) in [6, 6.07) is 14.2. The summed E-state index contributed by atoms with van der Waals surface area (Å²) in [6.07, 6.45) is 2.56. The summed E-state index contributed by atoms with van der Waals surface area (Å²) in [7, 11) is 1.80. The lowest BCUT2D eigenvalue weighted by Gasteiger charge is -2.19. The number of carbonyl (C=O) groups is 1. The molecule has 33 heavy (non-hydrogen) atoms. The number of aryl methyl sites for hydroxylation is 2. The highest BCUT2D eigenvalue weighted by Gasteiger charge is 2.13. The Kier molecular flexibility index (Phi) is 8.70. The van der Waals surface area contributed by atoms with E-state index in [1.165, 1.54) is 0 Å². The van der Waals surface area contributed by atoms with Crippen LogP contribution in [0.4, 0.5) is 5.69 Å². The first-order valence-electron chi connectivity index (χ1n) is 10.9. The van der Waals surface area contributed by atoms with Gasteiger partial charge in [0.2, 0.25) is 0 Å². The molecule has 2 aromatic carbocycles. The second kappa shape index (κ2) is 11.2. The molecule has 1 amide bonds. The van der Waals surface area contributed by atoms with Crippen molar-refractivity contribution in [1.29, 1.82) is 5.26 Å². The van der Waals surface area contributed by atoms with Crippen molar-refractivity contribution >= 4 is 22.9 Å². The summed E-state index contributed by atoms with van der Waals surface area (Å²) in [5.74, 6) is -0.0937. The number of aliphatic imine (C=N–C) groups is 1. The fourth-order valence-corrected chi connectivity index (χ4v) is 3.78. The number of nitriles is 1. The third kappa shape index (κ3) is 7.15. The largest absolute Gasteiger partial charge is 0.337 e. The van der Waals surface area contributed by atoms with Gasteiger partial charge < -0.3 is 4.90 Å². The Hall–Kier alpha value is -3.71. The number of hydrogen-bond acceptors (Lipinski definition) is 3. The topological polar surface area (TPSA) is 56.5 Å². The van der Waals surface area contributed by atoms with Crippen LogP contribution in [0.25, 0.3) is 5.57 Å². The van der Waals surface area contributed by atoms with E-state index >= 15 is 0 Å². The number of hydrogen-bond donors (Lipinski definition) is 0. The van der Waals surface area contributed by atoms with Gasteiger partial charge >= 0.3 is 0 Å². The Balaban J connectivity index is 2.05. The highest BCUT2D eigenvalue weighted by atomic mass is 16.2. The van der Waals surface area contributed by atoms with Crippen LogP contribution >= 0.6 is 0 Å². The average Bonchev–Trinajstić information content (AvgIpc) is 2.74. The molecule has 0 aliphatic heterocycles. The van der Waals surface area contributed by atoms with Crippen LogP contribution in [0.1, 0.15) is 48.6 Å². The molecule has 0 atom stereocenters.